The normalized spacial score (nSPS) is 21.6. The molecule has 106 valence electrons. The lowest BCUT2D eigenvalue weighted by atomic mass is 10.0. The van der Waals surface area contributed by atoms with Crippen LogP contribution in [0.1, 0.15) is 24.8 Å². The van der Waals surface area contributed by atoms with Gasteiger partial charge in [-0.05, 0) is 42.7 Å². The summed E-state index contributed by atoms with van der Waals surface area (Å²) in [5.74, 6) is 0.868. The zero-order valence-electron chi connectivity index (χ0n) is 11.5. The molecule has 0 bridgehead atoms. The van der Waals surface area contributed by atoms with E-state index in [2.05, 4.69) is 5.16 Å². The van der Waals surface area contributed by atoms with E-state index in [1.165, 1.54) is 0 Å². The van der Waals surface area contributed by atoms with Gasteiger partial charge in [-0.2, -0.15) is 0 Å². The SMILES string of the molecule is COc1ccc(C2=NOC(C(=O)N3CCCC3)C2)cc1. The van der Waals surface area contributed by atoms with Gasteiger partial charge >= 0.3 is 0 Å². The minimum Gasteiger partial charge on any atom is -0.497 e. The van der Waals surface area contributed by atoms with Crippen LogP contribution in [0, 0.1) is 0 Å². The van der Waals surface area contributed by atoms with Crippen molar-refractivity contribution >= 4 is 11.6 Å². The molecule has 0 aromatic heterocycles. The summed E-state index contributed by atoms with van der Waals surface area (Å²) in [7, 11) is 1.63. The fourth-order valence-electron chi connectivity index (χ4n) is 2.60. The number of carbonyl (C=O) groups is 1. The van der Waals surface area contributed by atoms with E-state index in [0.29, 0.717) is 6.42 Å². The number of ether oxygens (including phenoxy) is 1. The Balaban J connectivity index is 1.64. The van der Waals surface area contributed by atoms with E-state index in [4.69, 9.17) is 9.57 Å². The summed E-state index contributed by atoms with van der Waals surface area (Å²) in [5, 5.41) is 4.06. The van der Waals surface area contributed by atoms with Crippen molar-refractivity contribution in [3.63, 3.8) is 0 Å². The quantitative estimate of drug-likeness (QED) is 0.844. The van der Waals surface area contributed by atoms with Crippen LogP contribution in [0.15, 0.2) is 29.4 Å². The van der Waals surface area contributed by atoms with Gasteiger partial charge in [0.2, 0.25) is 6.10 Å². The third kappa shape index (κ3) is 2.48. The highest BCUT2D eigenvalue weighted by Crippen LogP contribution is 2.21. The highest BCUT2D eigenvalue weighted by atomic mass is 16.6. The molecule has 1 unspecified atom stereocenters. The van der Waals surface area contributed by atoms with Crippen LogP contribution in [0.3, 0.4) is 0 Å². The molecule has 5 heteroatoms. The molecule has 0 spiro atoms. The maximum absolute atomic E-state index is 12.2. The van der Waals surface area contributed by atoms with Gasteiger partial charge in [-0.3, -0.25) is 4.79 Å². The number of hydrogen-bond acceptors (Lipinski definition) is 4. The third-order valence-electron chi connectivity index (χ3n) is 3.79. The van der Waals surface area contributed by atoms with E-state index in [1.807, 2.05) is 29.2 Å². The third-order valence-corrected chi connectivity index (χ3v) is 3.79. The maximum atomic E-state index is 12.2. The Labute approximate surface area is 118 Å². The van der Waals surface area contributed by atoms with Gasteiger partial charge in [0.1, 0.15) is 5.75 Å². The molecule has 2 heterocycles. The zero-order valence-corrected chi connectivity index (χ0v) is 11.5. The molecule has 0 N–H and O–H groups in total. The lowest BCUT2D eigenvalue weighted by Crippen LogP contribution is -2.37. The van der Waals surface area contributed by atoms with Crippen LogP contribution in [0.25, 0.3) is 0 Å². The number of carbonyl (C=O) groups excluding carboxylic acids is 1. The average Bonchev–Trinajstić information content (AvgIpc) is 3.18. The topological polar surface area (TPSA) is 51.1 Å². The first kappa shape index (κ1) is 13.0. The van der Waals surface area contributed by atoms with Crippen LogP contribution in [-0.2, 0) is 9.63 Å². The molecule has 20 heavy (non-hydrogen) atoms. The molecular formula is C15H18N2O3. The van der Waals surface area contributed by atoms with Crippen LogP contribution in [-0.4, -0.2) is 42.8 Å². The maximum Gasteiger partial charge on any atom is 0.266 e. The van der Waals surface area contributed by atoms with E-state index >= 15 is 0 Å². The van der Waals surface area contributed by atoms with E-state index in [-0.39, 0.29) is 5.91 Å². The molecule has 1 amide bonds. The van der Waals surface area contributed by atoms with Gasteiger partial charge < -0.3 is 14.5 Å². The van der Waals surface area contributed by atoms with Crippen molar-refractivity contribution < 1.29 is 14.4 Å². The first-order valence-corrected chi connectivity index (χ1v) is 6.94. The molecule has 1 aromatic rings. The van der Waals surface area contributed by atoms with Gasteiger partial charge in [0.05, 0.1) is 12.8 Å². The number of rotatable bonds is 3. The van der Waals surface area contributed by atoms with Crippen molar-refractivity contribution in [2.45, 2.75) is 25.4 Å². The number of likely N-dealkylation sites (tertiary alicyclic amines) is 1. The second kappa shape index (κ2) is 5.53. The van der Waals surface area contributed by atoms with Crippen molar-refractivity contribution in [3.8, 4) is 5.75 Å². The van der Waals surface area contributed by atoms with Crippen molar-refractivity contribution in [1.82, 2.24) is 4.90 Å². The molecule has 0 radical (unpaired) electrons. The van der Waals surface area contributed by atoms with E-state index in [9.17, 15) is 4.79 Å². The molecule has 2 aliphatic rings. The van der Waals surface area contributed by atoms with Crippen LogP contribution in [0.4, 0.5) is 0 Å². The molecule has 1 aromatic carbocycles. The Hall–Kier alpha value is -2.04. The molecule has 1 fully saturated rings. The van der Waals surface area contributed by atoms with Crippen molar-refractivity contribution in [1.29, 1.82) is 0 Å². The first-order valence-electron chi connectivity index (χ1n) is 6.94. The lowest BCUT2D eigenvalue weighted by Gasteiger charge is -2.18. The largest absolute Gasteiger partial charge is 0.497 e. The fourth-order valence-corrected chi connectivity index (χ4v) is 2.60. The highest BCUT2D eigenvalue weighted by molar-refractivity contribution is 6.04. The van der Waals surface area contributed by atoms with Crippen LogP contribution in [0.2, 0.25) is 0 Å². The zero-order chi connectivity index (χ0) is 13.9. The van der Waals surface area contributed by atoms with E-state index in [1.54, 1.807) is 7.11 Å². The van der Waals surface area contributed by atoms with Gasteiger partial charge in [-0.15, -0.1) is 0 Å². The monoisotopic (exact) mass is 274 g/mol. The Kier molecular flexibility index (Phi) is 3.58. The predicted octanol–water partition coefficient (Wildman–Crippen LogP) is 1.81. The highest BCUT2D eigenvalue weighted by Gasteiger charge is 2.33. The summed E-state index contributed by atoms with van der Waals surface area (Å²) < 4.78 is 5.13. The van der Waals surface area contributed by atoms with Crippen LogP contribution >= 0.6 is 0 Å². The van der Waals surface area contributed by atoms with E-state index < -0.39 is 6.10 Å². The number of amides is 1. The Bertz CT molecular complexity index is 518. The van der Waals surface area contributed by atoms with Crippen molar-refractivity contribution in [2.24, 2.45) is 5.16 Å². The number of oxime groups is 1. The smallest absolute Gasteiger partial charge is 0.266 e. The van der Waals surface area contributed by atoms with E-state index in [0.717, 1.165) is 43.0 Å². The van der Waals surface area contributed by atoms with Gasteiger partial charge in [0.25, 0.3) is 5.91 Å². The summed E-state index contributed by atoms with van der Waals surface area (Å²) in [6.45, 7) is 1.69. The Morgan fingerprint density at radius 3 is 2.65 bits per heavy atom. The molecule has 2 aliphatic heterocycles. The standard InChI is InChI=1S/C15H18N2O3/c1-19-12-6-4-11(5-7-12)13-10-14(20-16-13)15(18)17-8-2-3-9-17/h4-7,14H,2-3,8-10H2,1H3. The minimum absolute atomic E-state index is 0.0646. The Morgan fingerprint density at radius 1 is 1.30 bits per heavy atom. The number of hydrogen-bond donors (Lipinski definition) is 0. The second-order valence-corrected chi connectivity index (χ2v) is 5.10. The van der Waals surface area contributed by atoms with Gasteiger partial charge in [0, 0.05) is 19.5 Å². The average molecular weight is 274 g/mol. The number of benzene rings is 1. The first-order chi connectivity index (χ1) is 9.78. The minimum atomic E-state index is -0.454. The molecular weight excluding hydrogens is 256 g/mol. The predicted molar refractivity (Wildman–Crippen MR) is 74.8 cm³/mol. The lowest BCUT2D eigenvalue weighted by molar-refractivity contribution is -0.140. The summed E-state index contributed by atoms with van der Waals surface area (Å²) >= 11 is 0. The molecule has 1 atom stereocenters. The fraction of sp³-hybridized carbons (Fsp3) is 0.467. The molecule has 0 saturated carbocycles. The summed E-state index contributed by atoms with van der Waals surface area (Å²) in [5.41, 5.74) is 1.80. The van der Waals surface area contributed by atoms with Gasteiger partial charge in [-0.25, -0.2) is 0 Å². The van der Waals surface area contributed by atoms with Gasteiger partial charge in [0.15, 0.2) is 0 Å². The van der Waals surface area contributed by atoms with Crippen molar-refractivity contribution in [2.75, 3.05) is 20.2 Å². The summed E-state index contributed by atoms with van der Waals surface area (Å²) in [4.78, 5) is 19.4. The second-order valence-electron chi connectivity index (χ2n) is 5.10. The molecule has 3 rings (SSSR count). The molecule has 0 aliphatic carbocycles. The molecule has 5 nitrogen and oxygen atoms in total. The van der Waals surface area contributed by atoms with Crippen LogP contribution < -0.4 is 4.74 Å². The van der Waals surface area contributed by atoms with Crippen LogP contribution in [0.5, 0.6) is 5.75 Å². The Morgan fingerprint density at radius 2 is 2.00 bits per heavy atom. The van der Waals surface area contributed by atoms with Crippen molar-refractivity contribution in [3.05, 3.63) is 29.8 Å². The summed E-state index contributed by atoms with van der Waals surface area (Å²) in [6.07, 6.45) is 2.27. The number of methoxy groups -OCH3 is 1. The number of nitrogens with zero attached hydrogens (tertiary/aromatic N) is 2. The molecule has 1 saturated heterocycles. The summed E-state index contributed by atoms with van der Waals surface area (Å²) in [6, 6.07) is 7.63. The van der Waals surface area contributed by atoms with Gasteiger partial charge in [-0.1, -0.05) is 5.16 Å².